The molecule has 4 heteroatoms. The summed E-state index contributed by atoms with van der Waals surface area (Å²) < 4.78 is 5.34. The van der Waals surface area contributed by atoms with Crippen molar-refractivity contribution in [2.24, 2.45) is 5.92 Å². The van der Waals surface area contributed by atoms with Crippen molar-refractivity contribution in [2.75, 3.05) is 19.7 Å². The van der Waals surface area contributed by atoms with Gasteiger partial charge in [0, 0.05) is 19.7 Å². The molecule has 1 saturated heterocycles. The highest BCUT2D eigenvalue weighted by molar-refractivity contribution is 5.68. The number of amides is 1. The standard InChI is InChI=1S/C13H25NO3/c1-13(2,3)17-12(16)14-8-7-11(10-14)6-4-5-9-15/h11,15H,4-10H2,1-3H3/t11-/m0/s1. The van der Waals surface area contributed by atoms with Crippen molar-refractivity contribution in [3.63, 3.8) is 0 Å². The van der Waals surface area contributed by atoms with Crippen LogP contribution in [0.15, 0.2) is 0 Å². The summed E-state index contributed by atoms with van der Waals surface area (Å²) in [5.74, 6) is 0.578. The number of rotatable bonds is 4. The van der Waals surface area contributed by atoms with E-state index in [1.165, 1.54) is 0 Å². The highest BCUT2D eigenvalue weighted by Gasteiger charge is 2.29. The van der Waals surface area contributed by atoms with Crippen molar-refractivity contribution in [3.05, 3.63) is 0 Å². The van der Waals surface area contributed by atoms with Crippen LogP contribution in [0.2, 0.25) is 0 Å². The van der Waals surface area contributed by atoms with Crippen molar-refractivity contribution < 1.29 is 14.6 Å². The van der Waals surface area contributed by atoms with Crippen LogP contribution in [-0.2, 0) is 4.74 Å². The zero-order valence-electron chi connectivity index (χ0n) is 11.2. The Morgan fingerprint density at radius 1 is 1.41 bits per heavy atom. The topological polar surface area (TPSA) is 49.8 Å². The second-order valence-electron chi connectivity index (χ2n) is 5.80. The monoisotopic (exact) mass is 243 g/mol. The van der Waals surface area contributed by atoms with Crippen LogP contribution in [0.25, 0.3) is 0 Å². The summed E-state index contributed by atoms with van der Waals surface area (Å²) in [6, 6.07) is 0. The molecule has 0 aromatic rings. The zero-order valence-corrected chi connectivity index (χ0v) is 11.2. The number of ether oxygens (including phenoxy) is 1. The van der Waals surface area contributed by atoms with E-state index in [0.717, 1.165) is 38.8 Å². The smallest absolute Gasteiger partial charge is 0.410 e. The molecule has 0 aromatic heterocycles. The molecule has 0 unspecified atom stereocenters. The molecule has 1 atom stereocenters. The first kappa shape index (κ1) is 14.3. The Bertz CT molecular complexity index is 248. The van der Waals surface area contributed by atoms with E-state index < -0.39 is 5.60 Å². The lowest BCUT2D eigenvalue weighted by Crippen LogP contribution is -2.35. The van der Waals surface area contributed by atoms with Crippen molar-refractivity contribution in [1.29, 1.82) is 0 Å². The van der Waals surface area contributed by atoms with Crippen LogP contribution in [-0.4, -0.2) is 41.4 Å². The number of aliphatic hydroxyl groups excluding tert-OH is 1. The van der Waals surface area contributed by atoms with Crippen LogP contribution in [0.1, 0.15) is 46.5 Å². The van der Waals surface area contributed by atoms with E-state index in [2.05, 4.69) is 0 Å². The number of likely N-dealkylation sites (tertiary alicyclic amines) is 1. The molecule has 0 spiro atoms. The van der Waals surface area contributed by atoms with E-state index in [0.29, 0.717) is 5.92 Å². The van der Waals surface area contributed by atoms with Gasteiger partial charge in [0.2, 0.25) is 0 Å². The Morgan fingerprint density at radius 2 is 2.12 bits per heavy atom. The number of hydrogen-bond donors (Lipinski definition) is 1. The minimum absolute atomic E-state index is 0.192. The third kappa shape index (κ3) is 5.39. The van der Waals surface area contributed by atoms with Gasteiger partial charge in [-0.05, 0) is 46.0 Å². The predicted octanol–water partition coefficient (Wildman–Crippen LogP) is 2.41. The van der Waals surface area contributed by atoms with Gasteiger partial charge >= 0.3 is 6.09 Å². The first-order chi connectivity index (χ1) is 7.92. The number of carbonyl (C=O) groups excluding carboxylic acids is 1. The Kier molecular flexibility index (Phi) is 5.25. The van der Waals surface area contributed by atoms with E-state index in [-0.39, 0.29) is 12.7 Å². The van der Waals surface area contributed by atoms with Crippen LogP contribution in [0.3, 0.4) is 0 Å². The molecular weight excluding hydrogens is 218 g/mol. The van der Waals surface area contributed by atoms with Crippen molar-refractivity contribution in [3.8, 4) is 0 Å². The maximum Gasteiger partial charge on any atom is 0.410 e. The average Bonchev–Trinajstić information content (AvgIpc) is 2.64. The number of hydrogen-bond acceptors (Lipinski definition) is 3. The maximum absolute atomic E-state index is 11.8. The Hall–Kier alpha value is -0.770. The molecule has 0 aromatic carbocycles. The molecule has 0 radical (unpaired) electrons. The Morgan fingerprint density at radius 3 is 2.71 bits per heavy atom. The molecule has 1 aliphatic heterocycles. The summed E-state index contributed by atoms with van der Waals surface area (Å²) in [4.78, 5) is 13.6. The first-order valence-electron chi connectivity index (χ1n) is 6.51. The van der Waals surface area contributed by atoms with Gasteiger partial charge in [-0.15, -0.1) is 0 Å². The number of unbranched alkanes of at least 4 members (excludes halogenated alkanes) is 1. The second-order valence-corrected chi connectivity index (χ2v) is 5.80. The minimum atomic E-state index is -0.411. The molecule has 0 bridgehead atoms. The minimum Gasteiger partial charge on any atom is -0.444 e. The first-order valence-corrected chi connectivity index (χ1v) is 6.51. The molecule has 17 heavy (non-hydrogen) atoms. The van der Waals surface area contributed by atoms with Crippen molar-refractivity contribution in [2.45, 2.75) is 52.1 Å². The van der Waals surface area contributed by atoms with E-state index in [4.69, 9.17) is 9.84 Å². The van der Waals surface area contributed by atoms with Crippen molar-refractivity contribution >= 4 is 6.09 Å². The summed E-state index contributed by atoms with van der Waals surface area (Å²) >= 11 is 0. The summed E-state index contributed by atoms with van der Waals surface area (Å²) in [5, 5.41) is 8.72. The normalized spacial score (nSPS) is 20.7. The second kappa shape index (κ2) is 6.24. The van der Waals surface area contributed by atoms with Crippen LogP contribution >= 0.6 is 0 Å². The average molecular weight is 243 g/mol. The third-order valence-corrected chi connectivity index (χ3v) is 2.96. The highest BCUT2D eigenvalue weighted by Crippen LogP contribution is 2.23. The van der Waals surface area contributed by atoms with Crippen LogP contribution in [0, 0.1) is 5.92 Å². The van der Waals surface area contributed by atoms with Crippen LogP contribution in [0.4, 0.5) is 4.79 Å². The zero-order chi connectivity index (χ0) is 12.9. The maximum atomic E-state index is 11.8. The largest absolute Gasteiger partial charge is 0.444 e. The highest BCUT2D eigenvalue weighted by atomic mass is 16.6. The van der Waals surface area contributed by atoms with Gasteiger partial charge in [0.05, 0.1) is 0 Å². The molecular formula is C13H25NO3. The van der Waals surface area contributed by atoms with Gasteiger partial charge < -0.3 is 14.7 Å². The van der Waals surface area contributed by atoms with Gasteiger partial charge in [0.1, 0.15) is 5.60 Å². The SMILES string of the molecule is CC(C)(C)OC(=O)N1CC[C@H](CCCCO)C1. The van der Waals surface area contributed by atoms with Gasteiger partial charge in [-0.25, -0.2) is 4.79 Å². The summed E-state index contributed by atoms with van der Waals surface area (Å²) in [6.07, 6.45) is 3.87. The molecule has 1 N–H and O–H groups in total. The van der Waals surface area contributed by atoms with E-state index in [1.54, 1.807) is 4.90 Å². The van der Waals surface area contributed by atoms with E-state index in [1.807, 2.05) is 20.8 Å². The van der Waals surface area contributed by atoms with Gasteiger partial charge in [-0.1, -0.05) is 6.42 Å². The van der Waals surface area contributed by atoms with E-state index >= 15 is 0 Å². The number of aliphatic hydroxyl groups is 1. The summed E-state index contributed by atoms with van der Waals surface area (Å²) in [6.45, 7) is 7.54. The fourth-order valence-electron chi connectivity index (χ4n) is 2.11. The lowest BCUT2D eigenvalue weighted by atomic mass is 10.0. The molecule has 1 rings (SSSR count). The molecule has 0 saturated carbocycles. The van der Waals surface area contributed by atoms with Crippen LogP contribution < -0.4 is 0 Å². The van der Waals surface area contributed by atoms with Gasteiger partial charge in [-0.3, -0.25) is 0 Å². The molecule has 1 heterocycles. The molecule has 1 fully saturated rings. The lowest BCUT2D eigenvalue weighted by Gasteiger charge is -2.24. The van der Waals surface area contributed by atoms with E-state index in [9.17, 15) is 4.79 Å². The summed E-state index contributed by atoms with van der Waals surface area (Å²) in [7, 11) is 0. The molecule has 0 aliphatic carbocycles. The van der Waals surface area contributed by atoms with Crippen LogP contribution in [0.5, 0.6) is 0 Å². The number of carbonyl (C=O) groups is 1. The molecule has 1 amide bonds. The number of nitrogens with zero attached hydrogens (tertiary/aromatic N) is 1. The van der Waals surface area contributed by atoms with Gasteiger partial charge in [-0.2, -0.15) is 0 Å². The lowest BCUT2D eigenvalue weighted by molar-refractivity contribution is 0.0287. The quantitative estimate of drug-likeness (QED) is 0.771. The Labute approximate surface area is 104 Å². The molecule has 4 nitrogen and oxygen atoms in total. The third-order valence-electron chi connectivity index (χ3n) is 2.96. The predicted molar refractivity (Wildman–Crippen MR) is 66.9 cm³/mol. The summed E-state index contributed by atoms with van der Waals surface area (Å²) in [5.41, 5.74) is -0.411. The fourth-order valence-corrected chi connectivity index (χ4v) is 2.11. The van der Waals surface area contributed by atoms with Gasteiger partial charge in [0.25, 0.3) is 0 Å². The fraction of sp³-hybridized carbons (Fsp3) is 0.923. The Balaban J connectivity index is 2.27. The molecule has 1 aliphatic rings. The molecule has 100 valence electrons. The van der Waals surface area contributed by atoms with Crippen molar-refractivity contribution in [1.82, 2.24) is 4.90 Å². The van der Waals surface area contributed by atoms with Gasteiger partial charge in [0.15, 0.2) is 0 Å².